The molecule has 0 saturated heterocycles. The van der Waals surface area contributed by atoms with Crippen LogP contribution in [0.15, 0.2) is 30.9 Å². The largest absolute Gasteiger partial charge is 0.363 e. The molecule has 3 aromatic heterocycles. The lowest BCUT2D eigenvalue weighted by molar-refractivity contribution is 0.625. The number of aromatic nitrogens is 5. The summed E-state index contributed by atoms with van der Waals surface area (Å²) in [6.07, 6.45) is 7.17. The molecule has 3 aromatic rings. The molecule has 1 unspecified atom stereocenters. The van der Waals surface area contributed by atoms with E-state index in [-0.39, 0.29) is 6.17 Å². The van der Waals surface area contributed by atoms with Gasteiger partial charge in [-0.25, -0.2) is 10.4 Å². The number of aryl methyl sites for hydroxylation is 3. The number of fused-ring (bicyclic) bond motifs is 1. The number of nitrogens with one attached hydrogen (secondary N) is 3. The summed E-state index contributed by atoms with van der Waals surface area (Å²) >= 11 is 0. The predicted molar refractivity (Wildman–Crippen MR) is 100 cm³/mol. The molecule has 0 radical (unpaired) electrons. The van der Waals surface area contributed by atoms with E-state index in [4.69, 9.17) is 0 Å². The topological polar surface area (TPSA) is 95.8 Å². The van der Waals surface area contributed by atoms with Crippen LogP contribution < -0.4 is 21.1 Å². The van der Waals surface area contributed by atoms with E-state index in [1.807, 2.05) is 51.5 Å². The van der Waals surface area contributed by atoms with E-state index < -0.39 is 0 Å². The van der Waals surface area contributed by atoms with Crippen molar-refractivity contribution in [3.8, 4) is 0 Å². The minimum absolute atomic E-state index is 0.121. The summed E-state index contributed by atoms with van der Waals surface area (Å²) in [5.74, 6) is 1.35. The first-order valence-corrected chi connectivity index (χ1v) is 8.32. The summed E-state index contributed by atoms with van der Waals surface area (Å²) in [5.41, 5.74) is 8.22. The van der Waals surface area contributed by atoms with Crippen LogP contribution in [0.2, 0.25) is 0 Å². The van der Waals surface area contributed by atoms with Gasteiger partial charge in [0.25, 0.3) is 0 Å². The molecule has 0 fully saturated rings. The second-order valence-corrected chi connectivity index (χ2v) is 6.41. The molecule has 134 valence electrons. The fourth-order valence-corrected chi connectivity index (χ4v) is 2.90. The third-order valence-corrected chi connectivity index (χ3v) is 4.23. The number of pyridine rings is 1. The summed E-state index contributed by atoms with van der Waals surface area (Å²) in [6, 6.07) is 2.08. The van der Waals surface area contributed by atoms with Crippen molar-refractivity contribution in [2.24, 2.45) is 7.05 Å². The van der Waals surface area contributed by atoms with Crippen molar-refractivity contribution < 1.29 is 0 Å². The van der Waals surface area contributed by atoms with E-state index >= 15 is 0 Å². The van der Waals surface area contributed by atoms with Crippen molar-refractivity contribution in [1.82, 2.24) is 30.2 Å². The maximum absolute atomic E-state index is 4.62. The minimum atomic E-state index is -0.121. The van der Waals surface area contributed by atoms with Crippen molar-refractivity contribution in [1.29, 1.82) is 0 Å². The van der Waals surface area contributed by atoms with Crippen molar-refractivity contribution in [2.45, 2.75) is 20.0 Å². The fraction of sp³-hybridized carbons (Fsp3) is 0.294. The van der Waals surface area contributed by atoms with E-state index in [1.54, 1.807) is 10.9 Å². The van der Waals surface area contributed by atoms with Crippen molar-refractivity contribution in [2.75, 3.05) is 22.7 Å². The zero-order chi connectivity index (χ0) is 18.3. The molecule has 0 saturated carbocycles. The van der Waals surface area contributed by atoms with Gasteiger partial charge in [0.05, 0.1) is 28.8 Å². The maximum atomic E-state index is 4.62. The maximum Gasteiger partial charge on any atom is 0.229 e. The SMILES string of the molecule is Cc1cnc(C)c(NC2NN(C)c3nc(Nc4cnn(C)c4)ncc32)c1. The van der Waals surface area contributed by atoms with Gasteiger partial charge >= 0.3 is 0 Å². The quantitative estimate of drug-likeness (QED) is 0.657. The Bertz CT molecular complexity index is 949. The first-order valence-electron chi connectivity index (χ1n) is 8.32. The molecule has 1 aliphatic heterocycles. The van der Waals surface area contributed by atoms with Gasteiger partial charge < -0.3 is 10.6 Å². The standard InChI is InChI=1S/C17H21N9/c1-10-5-14(11(2)18-6-10)22-15-13-8-19-17(23-16(13)26(4)24-15)21-12-7-20-25(3)9-12/h5-9,15,22,24H,1-4H3,(H,19,21,23). The van der Waals surface area contributed by atoms with Gasteiger partial charge in [-0.1, -0.05) is 0 Å². The van der Waals surface area contributed by atoms with Gasteiger partial charge in [-0.3, -0.25) is 14.7 Å². The Balaban J connectivity index is 1.58. The van der Waals surface area contributed by atoms with E-state index in [1.165, 1.54) is 0 Å². The normalized spacial score (nSPS) is 15.8. The van der Waals surface area contributed by atoms with Gasteiger partial charge in [0.15, 0.2) is 5.82 Å². The first kappa shape index (κ1) is 16.3. The summed E-state index contributed by atoms with van der Waals surface area (Å²) in [6.45, 7) is 4.01. The second kappa shape index (κ2) is 6.26. The van der Waals surface area contributed by atoms with Gasteiger partial charge in [0, 0.05) is 32.7 Å². The van der Waals surface area contributed by atoms with Crippen molar-refractivity contribution >= 4 is 23.1 Å². The summed E-state index contributed by atoms with van der Waals surface area (Å²) in [7, 11) is 3.80. The lowest BCUT2D eigenvalue weighted by Gasteiger charge is -2.18. The van der Waals surface area contributed by atoms with E-state index in [0.717, 1.165) is 34.0 Å². The van der Waals surface area contributed by atoms with Crippen LogP contribution in [0.1, 0.15) is 23.0 Å². The summed E-state index contributed by atoms with van der Waals surface area (Å²) in [4.78, 5) is 13.5. The lowest BCUT2D eigenvalue weighted by Crippen LogP contribution is -2.34. The van der Waals surface area contributed by atoms with Crippen LogP contribution in [0.5, 0.6) is 0 Å². The van der Waals surface area contributed by atoms with Gasteiger partial charge in [-0.15, -0.1) is 0 Å². The monoisotopic (exact) mass is 351 g/mol. The van der Waals surface area contributed by atoms with E-state index in [0.29, 0.717) is 5.95 Å². The molecule has 1 aliphatic rings. The Morgan fingerprint density at radius 1 is 1.12 bits per heavy atom. The second-order valence-electron chi connectivity index (χ2n) is 6.41. The molecule has 26 heavy (non-hydrogen) atoms. The molecule has 0 spiro atoms. The van der Waals surface area contributed by atoms with Gasteiger partial charge in [0.1, 0.15) is 6.17 Å². The van der Waals surface area contributed by atoms with E-state index in [2.05, 4.69) is 42.2 Å². The number of rotatable bonds is 4. The Morgan fingerprint density at radius 2 is 1.96 bits per heavy atom. The average Bonchev–Trinajstić information content (AvgIpc) is 3.15. The molecule has 4 heterocycles. The van der Waals surface area contributed by atoms with Crippen LogP contribution in [0.3, 0.4) is 0 Å². The molecule has 0 aliphatic carbocycles. The summed E-state index contributed by atoms with van der Waals surface area (Å²) < 4.78 is 1.72. The highest BCUT2D eigenvalue weighted by molar-refractivity contribution is 5.60. The van der Waals surface area contributed by atoms with Gasteiger partial charge in [0.2, 0.25) is 5.95 Å². The zero-order valence-electron chi connectivity index (χ0n) is 15.1. The number of nitrogens with zero attached hydrogens (tertiary/aromatic N) is 6. The molecule has 9 heteroatoms. The highest BCUT2D eigenvalue weighted by Crippen LogP contribution is 2.32. The molecule has 0 bridgehead atoms. The number of hydrogen-bond acceptors (Lipinski definition) is 8. The average molecular weight is 351 g/mol. The zero-order valence-corrected chi connectivity index (χ0v) is 15.1. The van der Waals surface area contributed by atoms with Gasteiger partial charge in [-0.2, -0.15) is 10.1 Å². The Labute approximate surface area is 151 Å². The molecule has 9 nitrogen and oxygen atoms in total. The molecule has 3 N–H and O–H groups in total. The fourth-order valence-electron chi connectivity index (χ4n) is 2.90. The highest BCUT2D eigenvalue weighted by atomic mass is 15.6. The van der Waals surface area contributed by atoms with Crippen LogP contribution in [0, 0.1) is 13.8 Å². The number of anilines is 4. The predicted octanol–water partition coefficient (Wildman–Crippen LogP) is 2.03. The van der Waals surface area contributed by atoms with Crippen LogP contribution in [0.4, 0.5) is 23.1 Å². The lowest BCUT2D eigenvalue weighted by atomic mass is 10.2. The first-order chi connectivity index (χ1) is 12.5. The van der Waals surface area contributed by atoms with Crippen LogP contribution in [-0.2, 0) is 7.05 Å². The molecule has 4 rings (SSSR count). The molecule has 0 aromatic carbocycles. The minimum Gasteiger partial charge on any atom is -0.363 e. The smallest absolute Gasteiger partial charge is 0.229 e. The van der Waals surface area contributed by atoms with E-state index in [9.17, 15) is 0 Å². The number of hydrazine groups is 1. The van der Waals surface area contributed by atoms with Crippen molar-refractivity contribution in [3.05, 3.63) is 47.7 Å². The molecular weight excluding hydrogens is 330 g/mol. The van der Waals surface area contributed by atoms with Crippen LogP contribution in [-0.4, -0.2) is 31.8 Å². The molecule has 0 amide bonds. The third-order valence-electron chi connectivity index (χ3n) is 4.23. The molecular formula is C17H21N9. The summed E-state index contributed by atoms with van der Waals surface area (Å²) in [5, 5.41) is 12.7. The van der Waals surface area contributed by atoms with Crippen molar-refractivity contribution in [3.63, 3.8) is 0 Å². The highest BCUT2D eigenvalue weighted by Gasteiger charge is 2.28. The Morgan fingerprint density at radius 3 is 2.73 bits per heavy atom. The van der Waals surface area contributed by atoms with Gasteiger partial charge in [-0.05, 0) is 25.5 Å². The molecule has 1 atom stereocenters. The van der Waals surface area contributed by atoms with Crippen LogP contribution in [0.25, 0.3) is 0 Å². The third kappa shape index (κ3) is 3.04. The Hall–Kier alpha value is -3.20. The number of hydrogen-bond donors (Lipinski definition) is 3. The van der Waals surface area contributed by atoms with Crippen LogP contribution >= 0.6 is 0 Å². The Kier molecular flexibility index (Phi) is 3.92.